The second-order valence-electron chi connectivity index (χ2n) is 10.1. The number of pyridine rings is 2. The topological polar surface area (TPSA) is 73.5 Å². The van der Waals surface area contributed by atoms with Gasteiger partial charge in [-0.15, -0.1) is 0 Å². The molecule has 4 aromatic heterocycles. The van der Waals surface area contributed by atoms with Gasteiger partial charge in [0.25, 0.3) is 0 Å². The van der Waals surface area contributed by atoms with E-state index >= 15 is 0 Å². The normalized spacial score (nSPS) is 11.7. The van der Waals surface area contributed by atoms with E-state index in [4.69, 9.17) is 0 Å². The van der Waals surface area contributed by atoms with Gasteiger partial charge in [-0.05, 0) is 99.1 Å². The molecule has 4 heterocycles. The van der Waals surface area contributed by atoms with Crippen LogP contribution < -0.4 is 0 Å². The van der Waals surface area contributed by atoms with Gasteiger partial charge in [0.1, 0.15) is 5.82 Å². The highest BCUT2D eigenvalue weighted by Gasteiger charge is 2.15. The summed E-state index contributed by atoms with van der Waals surface area (Å²) in [4.78, 5) is 14.6. The number of hydrogen-bond donors (Lipinski definition) is 2. The van der Waals surface area contributed by atoms with Gasteiger partial charge in [0.15, 0.2) is 5.65 Å². The van der Waals surface area contributed by atoms with Crippen LogP contribution in [0.2, 0.25) is 0 Å². The Balaban J connectivity index is 1.40. The van der Waals surface area contributed by atoms with E-state index in [0.717, 1.165) is 80.4 Å². The van der Waals surface area contributed by atoms with Crippen LogP contribution in [0, 0.1) is 12.7 Å². The summed E-state index contributed by atoms with van der Waals surface area (Å²) in [5, 5.41) is 9.56. The Morgan fingerprint density at radius 3 is 2.61 bits per heavy atom. The highest BCUT2D eigenvalue weighted by atomic mass is 19.1. The molecular weight excluding hydrogens is 475 g/mol. The number of aromatic amines is 2. The smallest absolute Gasteiger partial charge is 0.181 e. The Hall–Kier alpha value is -4.36. The molecule has 7 heteroatoms. The largest absolute Gasteiger partial charge is 0.353 e. The SMILES string of the molecule is Cc1cncc(-c2cnc3n[nH]c(-c4cc5c(-c6cc(F)cc(CCCN(C)C)c6)cccc5[nH]4)c3c2)c1. The molecular formula is C31H29FN6. The number of fused-ring (bicyclic) bond motifs is 2. The van der Waals surface area contributed by atoms with Crippen molar-refractivity contribution in [2.24, 2.45) is 0 Å². The number of halogens is 1. The fourth-order valence-corrected chi connectivity index (χ4v) is 5.07. The maximum absolute atomic E-state index is 14.7. The summed E-state index contributed by atoms with van der Waals surface area (Å²) in [6.45, 7) is 3.00. The second-order valence-corrected chi connectivity index (χ2v) is 10.1. The molecule has 6 aromatic rings. The maximum atomic E-state index is 14.7. The third kappa shape index (κ3) is 4.68. The minimum atomic E-state index is -0.209. The Kier molecular flexibility index (Phi) is 6.21. The Morgan fingerprint density at radius 2 is 1.76 bits per heavy atom. The van der Waals surface area contributed by atoms with E-state index in [-0.39, 0.29) is 5.82 Å². The molecule has 0 aliphatic heterocycles. The van der Waals surface area contributed by atoms with E-state index in [0.29, 0.717) is 5.65 Å². The first kappa shape index (κ1) is 24.0. The van der Waals surface area contributed by atoms with Crippen molar-refractivity contribution in [2.45, 2.75) is 19.8 Å². The van der Waals surface area contributed by atoms with Crippen LogP contribution in [0.4, 0.5) is 4.39 Å². The first-order valence-corrected chi connectivity index (χ1v) is 12.8. The molecule has 2 N–H and O–H groups in total. The average Bonchev–Trinajstić information content (AvgIpc) is 3.51. The standard InChI is InChI=1S/C31H29FN6/c1-19-10-22(17-33-16-19)23-14-27-30(36-37-31(27)34-18-23)29-15-26-25(7-4-8-28(26)35-29)21-11-20(12-24(32)13-21)6-5-9-38(2)3/h4,7-8,10-18,35H,5-6,9H2,1-3H3,(H,34,36,37). The predicted octanol–water partition coefficient (Wildman–Crippen LogP) is 6.78. The van der Waals surface area contributed by atoms with Gasteiger partial charge in [-0.25, -0.2) is 9.37 Å². The summed E-state index contributed by atoms with van der Waals surface area (Å²) < 4.78 is 14.7. The van der Waals surface area contributed by atoms with Crippen LogP contribution in [0.5, 0.6) is 0 Å². The molecule has 0 fully saturated rings. The highest BCUT2D eigenvalue weighted by molar-refractivity contribution is 6.01. The number of aryl methyl sites for hydroxylation is 2. The molecule has 0 saturated carbocycles. The molecule has 2 aromatic carbocycles. The lowest BCUT2D eigenvalue weighted by Gasteiger charge is -2.11. The first-order chi connectivity index (χ1) is 18.4. The van der Waals surface area contributed by atoms with Gasteiger partial charge in [-0.1, -0.05) is 18.2 Å². The molecule has 0 atom stereocenters. The summed E-state index contributed by atoms with van der Waals surface area (Å²) in [5.41, 5.74) is 9.36. The zero-order valence-corrected chi connectivity index (χ0v) is 21.7. The van der Waals surface area contributed by atoms with Crippen molar-refractivity contribution < 1.29 is 4.39 Å². The van der Waals surface area contributed by atoms with Gasteiger partial charge < -0.3 is 9.88 Å². The summed E-state index contributed by atoms with van der Waals surface area (Å²) in [6, 6.07) is 17.8. The monoisotopic (exact) mass is 504 g/mol. The number of hydrogen-bond acceptors (Lipinski definition) is 4. The Morgan fingerprint density at radius 1 is 0.895 bits per heavy atom. The molecule has 0 amide bonds. The van der Waals surface area contributed by atoms with Gasteiger partial charge in [0.05, 0.1) is 11.4 Å². The summed E-state index contributed by atoms with van der Waals surface area (Å²) in [5.74, 6) is -0.209. The summed E-state index contributed by atoms with van der Waals surface area (Å²) in [6.07, 6.45) is 7.33. The fraction of sp³-hybridized carbons (Fsp3) is 0.194. The molecule has 0 saturated heterocycles. The molecule has 6 rings (SSSR count). The Labute approximate surface area is 220 Å². The second kappa shape index (κ2) is 9.84. The van der Waals surface area contributed by atoms with Crippen LogP contribution in [-0.2, 0) is 6.42 Å². The number of aromatic nitrogens is 5. The number of rotatable bonds is 7. The summed E-state index contributed by atoms with van der Waals surface area (Å²) in [7, 11) is 4.11. The molecule has 38 heavy (non-hydrogen) atoms. The van der Waals surface area contributed by atoms with Gasteiger partial charge in [-0.2, -0.15) is 5.10 Å². The van der Waals surface area contributed by atoms with Crippen molar-refractivity contribution >= 4 is 21.9 Å². The number of nitrogens with zero attached hydrogens (tertiary/aromatic N) is 4. The van der Waals surface area contributed by atoms with Gasteiger partial charge in [0, 0.05) is 46.0 Å². The minimum Gasteiger partial charge on any atom is -0.353 e. The maximum Gasteiger partial charge on any atom is 0.181 e. The predicted molar refractivity (Wildman–Crippen MR) is 151 cm³/mol. The van der Waals surface area contributed by atoms with E-state index in [9.17, 15) is 4.39 Å². The van der Waals surface area contributed by atoms with Crippen LogP contribution in [0.3, 0.4) is 0 Å². The minimum absolute atomic E-state index is 0.209. The van der Waals surface area contributed by atoms with Gasteiger partial charge in [0.2, 0.25) is 0 Å². The molecule has 190 valence electrons. The van der Waals surface area contributed by atoms with Crippen molar-refractivity contribution in [1.29, 1.82) is 0 Å². The number of nitrogens with one attached hydrogen (secondary N) is 2. The molecule has 0 spiro atoms. The van der Waals surface area contributed by atoms with Crippen LogP contribution in [0.1, 0.15) is 17.5 Å². The number of H-pyrrole nitrogens is 2. The third-order valence-corrected chi connectivity index (χ3v) is 6.89. The zero-order chi connectivity index (χ0) is 26.2. The van der Waals surface area contributed by atoms with Gasteiger partial charge >= 0.3 is 0 Å². The lowest BCUT2D eigenvalue weighted by Crippen LogP contribution is -2.13. The van der Waals surface area contributed by atoms with Crippen molar-refractivity contribution in [3.8, 4) is 33.6 Å². The highest BCUT2D eigenvalue weighted by Crippen LogP contribution is 2.35. The van der Waals surface area contributed by atoms with Crippen LogP contribution >= 0.6 is 0 Å². The molecule has 0 radical (unpaired) electrons. The van der Waals surface area contributed by atoms with Crippen molar-refractivity contribution in [1.82, 2.24) is 30.0 Å². The van der Waals surface area contributed by atoms with Crippen LogP contribution in [0.15, 0.2) is 73.2 Å². The lowest BCUT2D eigenvalue weighted by molar-refractivity contribution is 0.400. The zero-order valence-electron chi connectivity index (χ0n) is 21.7. The van der Waals surface area contributed by atoms with E-state index in [1.54, 1.807) is 12.1 Å². The average molecular weight is 505 g/mol. The number of benzene rings is 2. The molecule has 6 nitrogen and oxygen atoms in total. The van der Waals surface area contributed by atoms with E-state index in [1.807, 2.05) is 43.7 Å². The van der Waals surface area contributed by atoms with Crippen molar-refractivity contribution in [3.63, 3.8) is 0 Å². The quantitative estimate of drug-likeness (QED) is 0.251. The fourth-order valence-electron chi connectivity index (χ4n) is 5.07. The van der Waals surface area contributed by atoms with E-state index in [1.165, 1.54) is 0 Å². The van der Waals surface area contributed by atoms with E-state index in [2.05, 4.69) is 68.4 Å². The lowest BCUT2D eigenvalue weighted by atomic mass is 9.98. The molecule has 0 bridgehead atoms. The molecule has 0 aliphatic carbocycles. The first-order valence-electron chi connectivity index (χ1n) is 12.8. The molecule has 0 unspecified atom stereocenters. The summed E-state index contributed by atoms with van der Waals surface area (Å²) >= 11 is 0. The van der Waals surface area contributed by atoms with Crippen LogP contribution in [0.25, 0.3) is 55.6 Å². The van der Waals surface area contributed by atoms with Crippen molar-refractivity contribution in [3.05, 3.63) is 90.1 Å². The van der Waals surface area contributed by atoms with Crippen LogP contribution in [-0.4, -0.2) is 50.7 Å². The van der Waals surface area contributed by atoms with E-state index < -0.39 is 0 Å². The van der Waals surface area contributed by atoms with Crippen molar-refractivity contribution in [2.75, 3.05) is 20.6 Å². The molecule has 0 aliphatic rings. The Bertz CT molecular complexity index is 1760. The third-order valence-electron chi connectivity index (χ3n) is 6.89. The van der Waals surface area contributed by atoms with Gasteiger partial charge in [-0.3, -0.25) is 10.1 Å².